The van der Waals surface area contributed by atoms with Crippen molar-refractivity contribution in [3.63, 3.8) is 0 Å². The van der Waals surface area contributed by atoms with Crippen LogP contribution >= 0.6 is 11.3 Å². The summed E-state index contributed by atoms with van der Waals surface area (Å²) in [6.45, 7) is 5.72. The first-order chi connectivity index (χ1) is 8.30. The molecule has 0 aliphatic heterocycles. The van der Waals surface area contributed by atoms with Gasteiger partial charge in [0.25, 0.3) is 0 Å². The molecular weight excluding hydrogens is 234 g/mol. The summed E-state index contributed by atoms with van der Waals surface area (Å²) in [6.07, 6.45) is 0. The predicted octanol–water partition coefficient (Wildman–Crippen LogP) is 1.56. The summed E-state index contributed by atoms with van der Waals surface area (Å²) < 4.78 is 5.08. The zero-order valence-electron chi connectivity index (χ0n) is 10.4. The normalized spacial score (nSPS) is 10.4. The molecular formula is C13H19NO2S. The topological polar surface area (TPSA) is 32.7 Å². The largest absolute Gasteiger partial charge is 0.384 e. The highest BCUT2D eigenvalue weighted by atomic mass is 32.1. The van der Waals surface area contributed by atoms with E-state index in [1.807, 2.05) is 5.38 Å². The number of aliphatic hydroxyl groups excluding tert-OH is 1. The Balaban J connectivity index is 2.51. The Morgan fingerprint density at radius 3 is 3.00 bits per heavy atom. The Labute approximate surface area is 107 Å². The van der Waals surface area contributed by atoms with Gasteiger partial charge in [-0.25, -0.2) is 0 Å². The van der Waals surface area contributed by atoms with Crippen LogP contribution in [-0.2, 0) is 11.3 Å². The number of hydrogen-bond acceptors (Lipinski definition) is 4. The fourth-order valence-corrected chi connectivity index (χ4v) is 2.32. The number of likely N-dealkylation sites (N-methyl/N-ethyl adjacent to an activating group) is 1. The standard InChI is InChI=1S/C13H19NO2S/c1-3-14(6-8-16-2)10-13-9-12(11-17-13)5-4-7-15/h9,11,15H,3,6-8,10H2,1-2H3. The Kier molecular flexibility index (Phi) is 6.90. The molecule has 17 heavy (non-hydrogen) atoms. The monoisotopic (exact) mass is 253 g/mol. The molecule has 0 aliphatic rings. The van der Waals surface area contributed by atoms with Crippen LogP contribution < -0.4 is 0 Å². The van der Waals surface area contributed by atoms with Crippen LogP contribution in [0.5, 0.6) is 0 Å². The van der Waals surface area contributed by atoms with Gasteiger partial charge in [0.2, 0.25) is 0 Å². The number of aliphatic hydroxyl groups is 1. The van der Waals surface area contributed by atoms with Gasteiger partial charge < -0.3 is 9.84 Å². The van der Waals surface area contributed by atoms with Crippen molar-refractivity contribution in [1.29, 1.82) is 0 Å². The summed E-state index contributed by atoms with van der Waals surface area (Å²) in [5, 5.41) is 10.7. The van der Waals surface area contributed by atoms with Crippen molar-refractivity contribution in [2.45, 2.75) is 13.5 Å². The van der Waals surface area contributed by atoms with E-state index < -0.39 is 0 Å². The zero-order valence-corrected chi connectivity index (χ0v) is 11.2. The minimum Gasteiger partial charge on any atom is -0.384 e. The maximum atomic E-state index is 8.62. The Bertz CT molecular complexity index is 378. The molecule has 1 aromatic rings. The van der Waals surface area contributed by atoms with Gasteiger partial charge in [0.05, 0.1) is 6.61 Å². The highest BCUT2D eigenvalue weighted by Gasteiger charge is 2.05. The molecule has 0 amide bonds. The molecule has 0 bridgehead atoms. The number of nitrogens with zero attached hydrogens (tertiary/aromatic N) is 1. The third-order valence-corrected chi connectivity index (χ3v) is 3.33. The highest BCUT2D eigenvalue weighted by Crippen LogP contribution is 2.16. The summed E-state index contributed by atoms with van der Waals surface area (Å²) in [5.41, 5.74) is 0.988. The van der Waals surface area contributed by atoms with Crippen LogP contribution in [0.1, 0.15) is 17.4 Å². The first kappa shape index (κ1) is 14.2. The van der Waals surface area contributed by atoms with E-state index in [1.165, 1.54) is 4.88 Å². The molecule has 1 aromatic heterocycles. The van der Waals surface area contributed by atoms with Crippen molar-refractivity contribution in [2.75, 3.05) is 33.4 Å². The van der Waals surface area contributed by atoms with Crippen LogP contribution in [0.3, 0.4) is 0 Å². The van der Waals surface area contributed by atoms with Crippen molar-refractivity contribution in [3.05, 3.63) is 21.9 Å². The molecule has 0 radical (unpaired) electrons. The molecule has 1 N–H and O–H groups in total. The number of methoxy groups -OCH3 is 1. The van der Waals surface area contributed by atoms with Gasteiger partial charge in [0.1, 0.15) is 6.61 Å². The summed E-state index contributed by atoms with van der Waals surface area (Å²) >= 11 is 1.71. The lowest BCUT2D eigenvalue weighted by molar-refractivity contribution is 0.148. The van der Waals surface area contributed by atoms with Gasteiger partial charge in [0, 0.05) is 36.0 Å². The molecule has 1 rings (SSSR count). The Hall–Kier alpha value is -0.860. The second kappa shape index (κ2) is 8.26. The second-order valence-corrected chi connectivity index (χ2v) is 4.62. The van der Waals surface area contributed by atoms with Gasteiger partial charge >= 0.3 is 0 Å². The highest BCUT2D eigenvalue weighted by molar-refractivity contribution is 7.10. The molecule has 0 fully saturated rings. The molecule has 0 unspecified atom stereocenters. The number of rotatable bonds is 6. The van der Waals surface area contributed by atoms with Gasteiger partial charge in [0.15, 0.2) is 0 Å². The average molecular weight is 253 g/mol. The van der Waals surface area contributed by atoms with Crippen molar-refractivity contribution in [1.82, 2.24) is 4.90 Å². The number of ether oxygens (including phenoxy) is 1. The molecule has 0 spiro atoms. The molecule has 4 heteroatoms. The first-order valence-electron chi connectivity index (χ1n) is 5.68. The average Bonchev–Trinajstić information content (AvgIpc) is 2.79. The lowest BCUT2D eigenvalue weighted by atomic mass is 10.3. The van der Waals surface area contributed by atoms with Gasteiger partial charge in [-0.2, -0.15) is 0 Å². The van der Waals surface area contributed by atoms with E-state index >= 15 is 0 Å². The third-order valence-electron chi connectivity index (χ3n) is 2.40. The summed E-state index contributed by atoms with van der Waals surface area (Å²) in [6, 6.07) is 2.09. The summed E-state index contributed by atoms with van der Waals surface area (Å²) in [4.78, 5) is 3.63. The fraction of sp³-hybridized carbons (Fsp3) is 0.538. The predicted molar refractivity (Wildman–Crippen MR) is 71.1 cm³/mol. The zero-order chi connectivity index (χ0) is 12.5. The smallest absolute Gasteiger partial charge is 0.104 e. The first-order valence-corrected chi connectivity index (χ1v) is 6.56. The minimum atomic E-state index is -0.0832. The molecule has 94 valence electrons. The van der Waals surface area contributed by atoms with Gasteiger partial charge in [-0.1, -0.05) is 18.8 Å². The van der Waals surface area contributed by atoms with E-state index in [-0.39, 0.29) is 6.61 Å². The van der Waals surface area contributed by atoms with E-state index in [4.69, 9.17) is 9.84 Å². The Morgan fingerprint density at radius 2 is 2.35 bits per heavy atom. The SMILES string of the molecule is CCN(CCOC)Cc1cc(C#CCO)cs1. The van der Waals surface area contributed by atoms with Crippen LogP contribution in [0, 0.1) is 11.8 Å². The van der Waals surface area contributed by atoms with E-state index in [1.54, 1.807) is 18.4 Å². The number of thiophene rings is 1. The van der Waals surface area contributed by atoms with Crippen molar-refractivity contribution in [3.8, 4) is 11.8 Å². The maximum Gasteiger partial charge on any atom is 0.104 e. The van der Waals surface area contributed by atoms with E-state index in [0.717, 1.165) is 31.8 Å². The van der Waals surface area contributed by atoms with Crippen LogP contribution in [0.4, 0.5) is 0 Å². The fourth-order valence-electron chi connectivity index (χ4n) is 1.46. The Morgan fingerprint density at radius 1 is 1.53 bits per heavy atom. The molecule has 1 heterocycles. The van der Waals surface area contributed by atoms with E-state index in [2.05, 4.69) is 29.7 Å². The van der Waals surface area contributed by atoms with Crippen molar-refractivity contribution in [2.24, 2.45) is 0 Å². The third kappa shape index (κ3) is 5.33. The van der Waals surface area contributed by atoms with Crippen molar-refractivity contribution < 1.29 is 9.84 Å². The van der Waals surface area contributed by atoms with Crippen LogP contribution in [0.2, 0.25) is 0 Å². The van der Waals surface area contributed by atoms with Gasteiger partial charge in [-0.15, -0.1) is 11.3 Å². The van der Waals surface area contributed by atoms with E-state index in [0.29, 0.717) is 0 Å². The summed E-state index contributed by atoms with van der Waals surface area (Å²) in [7, 11) is 1.72. The lowest BCUT2D eigenvalue weighted by Gasteiger charge is -2.18. The van der Waals surface area contributed by atoms with Crippen molar-refractivity contribution >= 4 is 11.3 Å². The van der Waals surface area contributed by atoms with Gasteiger partial charge in [-0.3, -0.25) is 4.90 Å². The quantitative estimate of drug-likeness (QED) is 0.781. The molecule has 0 saturated carbocycles. The van der Waals surface area contributed by atoms with Crippen LogP contribution in [0.15, 0.2) is 11.4 Å². The van der Waals surface area contributed by atoms with Crippen LogP contribution in [0.25, 0.3) is 0 Å². The molecule has 0 atom stereocenters. The second-order valence-electron chi connectivity index (χ2n) is 3.62. The maximum absolute atomic E-state index is 8.62. The minimum absolute atomic E-state index is 0.0832. The summed E-state index contributed by atoms with van der Waals surface area (Å²) in [5.74, 6) is 5.57. The molecule has 0 aliphatic carbocycles. The van der Waals surface area contributed by atoms with Gasteiger partial charge in [-0.05, 0) is 12.6 Å². The molecule has 3 nitrogen and oxygen atoms in total. The van der Waals surface area contributed by atoms with Crippen LogP contribution in [-0.4, -0.2) is 43.4 Å². The molecule has 0 aromatic carbocycles. The number of hydrogen-bond donors (Lipinski definition) is 1. The van der Waals surface area contributed by atoms with E-state index in [9.17, 15) is 0 Å². The molecule has 0 saturated heterocycles. The lowest BCUT2D eigenvalue weighted by Crippen LogP contribution is -2.26.